The first-order valence-electron chi connectivity index (χ1n) is 3.83. The maximum Gasteiger partial charge on any atom is 0.220 e. The molecule has 0 bridgehead atoms. The molecule has 5 heteroatoms. The van der Waals surface area contributed by atoms with E-state index in [1.54, 1.807) is 16.4 Å². The second-order valence-electron chi connectivity index (χ2n) is 2.63. The molecule has 2 aromatic rings. The fraction of sp³-hybridized carbons (Fsp3) is 0.125. The topological polar surface area (TPSA) is 35.6 Å². The molecule has 0 radical (unpaired) electrons. The standard InChI is InChI=1S/C8H8N4S/c1-11-8(13)12(10-9-11)7-5-3-2-4-6-7/h2-6H,1H3. The van der Waals surface area contributed by atoms with Gasteiger partial charge in [0.2, 0.25) is 4.77 Å². The van der Waals surface area contributed by atoms with Crippen LogP contribution in [0.2, 0.25) is 0 Å². The highest BCUT2D eigenvalue weighted by Gasteiger charge is 2.00. The van der Waals surface area contributed by atoms with E-state index in [4.69, 9.17) is 12.2 Å². The Morgan fingerprint density at radius 3 is 2.38 bits per heavy atom. The monoisotopic (exact) mass is 192 g/mol. The van der Waals surface area contributed by atoms with Crippen LogP contribution in [0.4, 0.5) is 0 Å². The van der Waals surface area contributed by atoms with E-state index >= 15 is 0 Å². The van der Waals surface area contributed by atoms with Crippen molar-refractivity contribution in [3.05, 3.63) is 35.1 Å². The predicted octanol–water partition coefficient (Wildman–Crippen LogP) is 1.34. The number of hydrogen-bond acceptors (Lipinski definition) is 3. The van der Waals surface area contributed by atoms with Crippen molar-refractivity contribution in [3.63, 3.8) is 0 Å². The molecule has 0 saturated carbocycles. The molecule has 4 nitrogen and oxygen atoms in total. The first-order chi connectivity index (χ1) is 6.29. The summed E-state index contributed by atoms with van der Waals surface area (Å²) in [6, 6.07) is 9.69. The van der Waals surface area contributed by atoms with Crippen molar-refractivity contribution in [2.24, 2.45) is 7.05 Å². The summed E-state index contributed by atoms with van der Waals surface area (Å²) < 4.78 is 3.77. The van der Waals surface area contributed by atoms with E-state index in [0.717, 1.165) is 5.69 Å². The largest absolute Gasteiger partial charge is 0.221 e. The molecule has 0 saturated heterocycles. The smallest absolute Gasteiger partial charge is 0.220 e. The van der Waals surface area contributed by atoms with Crippen molar-refractivity contribution in [2.75, 3.05) is 0 Å². The number of hydrogen-bond donors (Lipinski definition) is 0. The van der Waals surface area contributed by atoms with Gasteiger partial charge < -0.3 is 0 Å². The Balaban J connectivity index is 2.60. The zero-order chi connectivity index (χ0) is 9.26. The van der Waals surface area contributed by atoms with Crippen LogP contribution in [0.25, 0.3) is 5.69 Å². The summed E-state index contributed by atoms with van der Waals surface area (Å²) in [7, 11) is 1.77. The van der Waals surface area contributed by atoms with E-state index in [-0.39, 0.29) is 0 Å². The summed E-state index contributed by atoms with van der Waals surface area (Å²) in [6.07, 6.45) is 0. The molecule has 0 spiro atoms. The zero-order valence-electron chi connectivity index (χ0n) is 7.08. The van der Waals surface area contributed by atoms with Gasteiger partial charge in [0.05, 0.1) is 5.69 Å². The number of rotatable bonds is 1. The third-order valence-corrected chi connectivity index (χ3v) is 2.16. The summed E-state index contributed by atoms with van der Waals surface area (Å²) in [5, 5.41) is 7.73. The van der Waals surface area contributed by atoms with Crippen LogP contribution >= 0.6 is 12.2 Å². The van der Waals surface area contributed by atoms with E-state index < -0.39 is 0 Å². The molecule has 1 aromatic carbocycles. The molecule has 13 heavy (non-hydrogen) atoms. The third-order valence-electron chi connectivity index (χ3n) is 1.72. The summed E-state index contributed by atoms with van der Waals surface area (Å²) in [6.45, 7) is 0. The van der Waals surface area contributed by atoms with Gasteiger partial charge in [-0.15, -0.1) is 0 Å². The van der Waals surface area contributed by atoms with Gasteiger partial charge in [-0.3, -0.25) is 0 Å². The first kappa shape index (κ1) is 8.12. The summed E-state index contributed by atoms with van der Waals surface area (Å²) in [4.78, 5) is 0. The third kappa shape index (κ3) is 1.38. The number of para-hydroxylation sites is 1. The number of aryl methyl sites for hydroxylation is 1. The van der Waals surface area contributed by atoms with E-state index in [2.05, 4.69) is 10.4 Å². The lowest BCUT2D eigenvalue weighted by atomic mass is 10.3. The summed E-state index contributed by atoms with van der Waals surface area (Å²) in [5.41, 5.74) is 0.931. The molecule has 2 rings (SSSR count). The van der Waals surface area contributed by atoms with E-state index in [0.29, 0.717) is 4.77 Å². The maximum atomic E-state index is 5.11. The molecule has 1 aromatic heterocycles. The van der Waals surface area contributed by atoms with Crippen molar-refractivity contribution in [2.45, 2.75) is 0 Å². The van der Waals surface area contributed by atoms with Gasteiger partial charge in [0.1, 0.15) is 0 Å². The van der Waals surface area contributed by atoms with Crippen LogP contribution in [0, 0.1) is 4.77 Å². The Bertz CT molecular complexity index is 456. The highest BCUT2D eigenvalue weighted by Crippen LogP contribution is 2.04. The molecular formula is C8H8N4S. The van der Waals surface area contributed by atoms with Gasteiger partial charge in [-0.25, -0.2) is 4.68 Å². The lowest BCUT2D eigenvalue weighted by molar-refractivity contribution is 0.699. The van der Waals surface area contributed by atoms with Crippen LogP contribution in [-0.2, 0) is 7.05 Å². The molecule has 0 amide bonds. The number of aromatic nitrogens is 4. The van der Waals surface area contributed by atoms with E-state index in [1.807, 2.05) is 30.3 Å². The van der Waals surface area contributed by atoms with Crippen LogP contribution in [0.3, 0.4) is 0 Å². The predicted molar refractivity (Wildman–Crippen MR) is 51.2 cm³/mol. The quantitative estimate of drug-likeness (QED) is 0.639. The highest BCUT2D eigenvalue weighted by molar-refractivity contribution is 7.71. The number of benzene rings is 1. The van der Waals surface area contributed by atoms with Crippen molar-refractivity contribution in [1.82, 2.24) is 19.8 Å². The Morgan fingerprint density at radius 1 is 1.15 bits per heavy atom. The molecule has 0 aliphatic carbocycles. The van der Waals surface area contributed by atoms with Gasteiger partial charge in [0.15, 0.2) is 0 Å². The Morgan fingerprint density at radius 2 is 1.85 bits per heavy atom. The molecule has 0 atom stereocenters. The fourth-order valence-corrected chi connectivity index (χ4v) is 1.22. The average molecular weight is 192 g/mol. The second kappa shape index (κ2) is 3.10. The molecule has 1 heterocycles. The van der Waals surface area contributed by atoms with Gasteiger partial charge in [0.25, 0.3) is 0 Å². The molecule has 66 valence electrons. The van der Waals surface area contributed by atoms with E-state index in [1.165, 1.54) is 0 Å². The number of nitrogens with zero attached hydrogens (tertiary/aromatic N) is 4. The second-order valence-corrected chi connectivity index (χ2v) is 3.00. The Labute approximate surface area is 80.4 Å². The van der Waals surface area contributed by atoms with E-state index in [9.17, 15) is 0 Å². The lowest BCUT2D eigenvalue weighted by Crippen LogP contribution is -1.96. The molecule has 0 N–H and O–H groups in total. The van der Waals surface area contributed by atoms with Crippen LogP contribution in [-0.4, -0.2) is 19.8 Å². The van der Waals surface area contributed by atoms with Gasteiger partial charge in [-0.2, -0.15) is 4.68 Å². The van der Waals surface area contributed by atoms with Crippen molar-refractivity contribution < 1.29 is 0 Å². The van der Waals surface area contributed by atoms with Crippen molar-refractivity contribution >= 4 is 12.2 Å². The minimum atomic E-state index is 0.589. The number of tetrazole rings is 1. The Hall–Kier alpha value is -1.49. The normalized spacial score (nSPS) is 10.2. The Kier molecular flexibility index (Phi) is 1.94. The zero-order valence-corrected chi connectivity index (χ0v) is 7.90. The lowest BCUT2D eigenvalue weighted by Gasteiger charge is -1.96. The average Bonchev–Trinajstić information content (AvgIpc) is 2.49. The van der Waals surface area contributed by atoms with Crippen molar-refractivity contribution in [1.29, 1.82) is 0 Å². The summed E-state index contributed by atoms with van der Waals surface area (Å²) in [5.74, 6) is 0. The minimum absolute atomic E-state index is 0.589. The summed E-state index contributed by atoms with van der Waals surface area (Å²) >= 11 is 5.11. The van der Waals surface area contributed by atoms with Gasteiger partial charge in [-0.05, 0) is 34.8 Å². The van der Waals surface area contributed by atoms with Gasteiger partial charge in [-0.1, -0.05) is 18.2 Å². The molecule has 0 aliphatic rings. The van der Waals surface area contributed by atoms with Crippen LogP contribution in [0.15, 0.2) is 30.3 Å². The van der Waals surface area contributed by atoms with Crippen LogP contribution in [0.1, 0.15) is 0 Å². The minimum Gasteiger partial charge on any atom is -0.221 e. The van der Waals surface area contributed by atoms with Crippen LogP contribution in [0.5, 0.6) is 0 Å². The highest BCUT2D eigenvalue weighted by atomic mass is 32.1. The maximum absolute atomic E-state index is 5.11. The van der Waals surface area contributed by atoms with Gasteiger partial charge >= 0.3 is 0 Å². The first-order valence-corrected chi connectivity index (χ1v) is 4.24. The molecule has 0 unspecified atom stereocenters. The van der Waals surface area contributed by atoms with Crippen LogP contribution < -0.4 is 0 Å². The molecule has 0 aliphatic heterocycles. The van der Waals surface area contributed by atoms with Crippen molar-refractivity contribution in [3.8, 4) is 5.69 Å². The fourth-order valence-electron chi connectivity index (χ4n) is 1.04. The molecular weight excluding hydrogens is 184 g/mol. The van der Waals surface area contributed by atoms with Gasteiger partial charge in [0, 0.05) is 7.05 Å². The molecule has 0 fully saturated rings. The SMILES string of the molecule is Cn1nnn(-c2ccccc2)c1=S.